The molecule has 7 heteroatoms. The summed E-state index contributed by atoms with van der Waals surface area (Å²) in [7, 11) is 0. The maximum atomic E-state index is 11.0. The maximum Gasteiger partial charge on any atom is 0.309 e. The number of aliphatic carboxylic acids is 1. The Morgan fingerprint density at radius 3 is 2.74 bits per heavy atom. The number of carboxylic acids is 1. The first-order valence-electron chi connectivity index (χ1n) is 6.94. The minimum Gasteiger partial charge on any atom is -0.506 e. The summed E-state index contributed by atoms with van der Waals surface area (Å²) in [5.41, 5.74) is 2.17. The Hall–Kier alpha value is -3.22. The normalized spacial score (nSPS) is 11.3. The molecule has 0 radical (unpaired) electrons. The molecule has 1 aromatic carbocycles. The van der Waals surface area contributed by atoms with Crippen molar-refractivity contribution in [3.63, 3.8) is 0 Å². The number of fused-ring (bicyclic) bond motifs is 1. The number of pyridine rings is 1. The van der Waals surface area contributed by atoms with Gasteiger partial charge >= 0.3 is 5.97 Å². The second kappa shape index (κ2) is 5.88. The summed E-state index contributed by atoms with van der Waals surface area (Å²) in [5.74, 6) is -0.652. The smallest absolute Gasteiger partial charge is 0.309 e. The van der Waals surface area contributed by atoms with Crippen LogP contribution in [0.5, 0.6) is 5.75 Å². The van der Waals surface area contributed by atoms with Gasteiger partial charge in [0.2, 0.25) is 0 Å². The number of para-hydroxylation sites is 1. The fourth-order valence-corrected chi connectivity index (χ4v) is 2.26. The number of aromatic nitrogens is 2. The number of aryl methyl sites for hydroxylation is 1. The predicted molar refractivity (Wildman–Crippen MR) is 83.6 cm³/mol. The molecule has 0 bridgehead atoms. The van der Waals surface area contributed by atoms with Crippen LogP contribution in [0, 0.1) is 6.92 Å². The average Bonchev–Trinajstić information content (AvgIpc) is 2.85. The van der Waals surface area contributed by atoms with Crippen molar-refractivity contribution in [2.24, 2.45) is 10.2 Å². The lowest BCUT2D eigenvalue weighted by atomic mass is 10.3. The van der Waals surface area contributed by atoms with Gasteiger partial charge in [-0.05, 0) is 30.7 Å². The van der Waals surface area contributed by atoms with Crippen molar-refractivity contribution in [2.75, 3.05) is 0 Å². The first kappa shape index (κ1) is 14.7. The van der Waals surface area contributed by atoms with E-state index in [2.05, 4.69) is 15.2 Å². The number of azo groups is 1. The van der Waals surface area contributed by atoms with Crippen LogP contribution in [-0.2, 0) is 11.2 Å². The third-order valence-corrected chi connectivity index (χ3v) is 3.34. The topological polar surface area (TPSA) is 99.6 Å². The molecule has 116 valence electrons. The van der Waals surface area contributed by atoms with Gasteiger partial charge in [-0.15, -0.1) is 10.2 Å². The molecular formula is C16H14N4O3. The van der Waals surface area contributed by atoms with E-state index in [1.165, 1.54) is 6.07 Å². The lowest BCUT2D eigenvalue weighted by Gasteiger charge is -1.99. The summed E-state index contributed by atoms with van der Waals surface area (Å²) in [6.45, 7) is 1.89. The number of aromatic hydroxyl groups is 1. The van der Waals surface area contributed by atoms with Gasteiger partial charge in [-0.1, -0.05) is 18.2 Å². The van der Waals surface area contributed by atoms with Gasteiger partial charge in [-0.25, -0.2) is 4.98 Å². The third-order valence-electron chi connectivity index (χ3n) is 3.34. The highest BCUT2D eigenvalue weighted by atomic mass is 16.4. The molecule has 0 unspecified atom stereocenters. The van der Waals surface area contributed by atoms with E-state index in [9.17, 15) is 9.90 Å². The molecule has 0 aliphatic heterocycles. The summed E-state index contributed by atoms with van der Waals surface area (Å²) >= 11 is 0. The van der Waals surface area contributed by atoms with Crippen molar-refractivity contribution < 1.29 is 15.0 Å². The van der Waals surface area contributed by atoms with Gasteiger partial charge < -0.3 is 10.2 Å². The highest BCUT2D eigenvalue weighted by Gasteiger charge is 2.16. The van der Waals surface area contributed by atoms with Crippen LogP contribution < -0.4 is 0 Å². The molecule has 7 nitrogen and oxygen atoms in total. The zero-order valence-corrected chi connectivity index (χ0v) is 12.3. The quantitative estimate of drug-likeness (QED) is 0.721. The minimum absolute atomic E-state index is 0.000959. The molecule has 3 rings (SSSR count). The Labute approximate surface area is 131 Å². The first-order valence-corrected chi connectivity index (χ1v) is 6.94. The van der Waals surface area contributed by atoms with Crippen LogP contribution >= 0.6 is 0 Å². The minimum atomic E-state index is -0.995. The SMILES string of the molecule is Cc1cccn2c(N=Nc3ccccc3O)c(CC(=O)O)nc12. The molecule has 2 N–H and O–H groups in total. The number of imidazole rings is 1. The number of rotatable bonds is 4. The number of hydrogen-bond donors (Lipinski definition) is 2. The van der Waals surface area contributed by atoms with Gasteiger partial charge in [0.15, 0.2) is 5.82 Å². The number of phenols is 1. The van der Waals surface area contributed by atoms with Crippen LogP contribution in [0.2, 0.25) is 0 Å². The Kier molecular flexibility index (Phi) is 3.76. The summed E-state index contributed by atoms with van der Waals surface area (Å²) < 4.78 is 1.69. The molecule has 0 spiro atoms. The van der Waals surface area contributed by atoms with Crippen molar-refractivity contribution in [1.82, 2.24) is 9.38 Å². The standard InChI is InChI=1S/C16H14N4O3/c1-10-5-4-8-20-15(10)17-12(9-14(22)23)16(20)19-18-11-6-2-3-7-13(11)21/h2-8,21H,9H2,1H3,(H,22,23). The summed E-state index contributed by atoms with van der Waals surface area (Å²) in [4.78, 5) is 15.4. The lowest BCUT2D eigenvalue weighted by Crippen LogP contribution is -2.00. The van der Waals surface area contributed by atoms with Gasteiger partial charge in [-0.2, -0.15) is 0 Å². The van der Waals surface area contributed by atoms with Crippen LogP contribution in [-0.4, -0.2) is 25.6 Å². The van der Waals surface area contributed by atoms with Gasteiger partial charge in [0.25, 0.3) is 0 Å². The fraction of sp³-hybridized carbons (Fsp3) is 0.125. The summed E-state index contributed by atoms with van der Waals surface area (Å²) in [6, 6.07) is 10.2. The van der Waals surface area contributed by atoms with Gasteiger partial charge in [0.05, 0.1) is 12.1 Å². The van der Waals surface area contributed by atoms with E-state index in [1.54, 1.807) is 28.8 Å². The summed E-state index contributed by atoms with van der Waals surface area (Å²) in [6.07, 6.45) is 1.50. The molecule has 3 aromatic rings. The molecule has 0 saturated carbocycles. The molecule has 0 atom stereocenters. The van der Waals surface area contributed by atoms with Crippen molar-refractivity contribution in [1.29, 1.82) is 0 Å². The number of carbonyl (C=O) groups is 1. The molecule has 0 amide bonds. The summed E-state index contributed by atoms with van der Waals surface area (Å²) in [5, 5.41) is 26.9. The lowest BCUT2D eigenvalue weighted by molar-refractivity contribution is -0.136. The van der Waals surface area contributed by atoms with Crippen LogP contribution in [0.15, 0.2) is 52.8 Å². The van der Waals surface area contributed by atoms with Crippen molar-refractivity contribution in [2.45, 2.75) is 13.3 Å². The third kappa shape index (κ3) is 2.89. The predicted octanol–water partition coefficient (Wildman–Crippen LogP) is 3.39. The highest BCUT2D eigenvalue weighted by Crippen LogP contribution is 2.29. The zero-order valence-electron chi connectivity index (χ0n) is 12.3. The van der Waals surface area contributed by atoms with E-state index in [0.717, 1.165) is 5.56 Å². The Morgan fingerprint density at radius 1 is 1.22 bits per heavy atom. The molecule has 0 saturated heterocycles. The van der Waals surface area contributed by atoms with Gasteiger partial charge in [0, 0.05) is 6.20 Å². The number of benzene rings is 1. The van der Waals surface area contributed by atoms with E-state index in [1.807, 2.05) is 19.1 Å². The fourth-order valence-electron chi connectivity index (χ4n) is 2.26. The maximum absolute atomic E-state index is 11.0. The van der Waals surface area contributed by atoms with Gasteiger partial charge in [-0.3, -0.25) is 9.20 Å². The Balaban J connectivity index is 2.13. The molecular weight excluding hydrogens is 296 g/mol. The van der Waals surface area contributed by atoms with Crippen LogP contribution in [0.25, 0.3) is 5.65 Å². The van der Waals surface area contributed by atoms with Gasteiger partial charge in [0.1, 0.15) is 17.1 Å². The average molecular weight is 310 g/mol. The monoisotopic (exact) mass is 310 g/mol. The number of nitrogens with zero attached hydrogens (tertiary/aromatic N) is 4. The van der Waals surface area contributed by atoms with Crippen molar-refractivity contribution >= 4 is 23.1 Å². The van der Waals surface area contributed by atoms with E-state index in [4.69, 9.17) is 5.11 Å². The Bertz CT molecular complexity index is 915. The first-order chi connectivity index (χ1) is 11.1. The molecule has 0 aliphatic rings. The van der Waals surface area contributed by atoms with E-state index in [0.29, 0.717) is 22.8 Å². The zero-order chi connectivity index (χ0) is 16.4. The van der Waals surface area contributed by atoms with Crippen LogP contribution in [0.1, 0.15) is 11.3 Å². The number of carboxylic acid groups (broad SMARTS) is 1. The van der Waals surface area contributed by atoms with Crippen LogP contribution in [0.3, 0.4) is 0 Å². The second-order valence-corrected chi connectivity index (χ2v) is 5.03. The number of hydrogen-bond acceptors (Lipinski definition) is 5. The Morgan fingerprint density at radius 2 is 2.00 bits per heavy atom. The highest BCUT2D eigenvalue weighted by molar-refractivity contribution is 5.72. The van der Waals surface area contributed by atoms with E-state index >= 15 is 0 Å². The van der Waals surface area contributed by atoms with E-state index in [-0.39, 0.29) is 12.2 Å². The van der Waals surface area contributed by atoms with E-state index < -0.39 is 5.97 Å². The van der Waals surface area contributed by atoms with Crippen molar-refractivity contribution in [3.8, 4) is 5.75 Å². The van der Waals surface area contributed by atoms with Crippen LogP contribution in [0.4, 0.5) is 11.5 Å². The molecule has 0 aliphatic carbocycles. The largest absolute Gasteiger partial charge is 0.506 e. The molecule has 2 heterocycles. The second-order valence-electron chi connectivity index (χ2n) is 5.03. The molecule has 0 fully saturated rings. The number of phenolic OH excluding ortho intramolecular Hbond substituents is 1. The molecule has 23 heavy (non-hydrogen) atoms. The van der Waals surface area contributed by atoms with Crippen molar-refractivity contribution in [3.05, 3.63) is 53.9 Å². The molecule has 2 aromatic heterocycles.